The molecule has 1 aliphatic rings. The maximum Gasteiger partial charge on any atom is 0.310 e. The van der Waals surface area contributed by atoms with Crippen LogP contribution in [0.4, 0.5) is 0 Å². The first kappa shape index (κ1) is 17.4. The number of ketones is 2. The average molecular weight is 337 g/mol. The standard InChI is InChI=1S/C15H15NO8/c16-12(20)6-15(23)5-10(19)14-7(2-9(18)4-13(21)22)1-8(17)3-11(14)24-15/h1,3,17,23H,2,4-6H2,(H2,16,20)(H,21,22). The van der Waals surface area contributed by atoms with Crippen LogP contribution in [-0.4, -0.2) is 44.5 Å². The molecular formula is C15H15NO8. The van der Waals surface area contributed by atoms with Crippen LogP contribution in [0.25, 0.3) is 0 Å². The number of carbonyl (C=O) groups excluding carboxylic acids is 3. The number of aliphatic carboxylic acids is 1. The van der Waals surface area contributed by atoms with E-state index in [1.807, 2.05) is 0 Å². The Labute approximate surface area is 135 Å². The topological polar surface area (TPSA) is 164 Å². The molecule has 24 heavy (non-hydrogen) atoms. The van der Waals surface area contributed by atoms with Crippen molar-refractivity contribution in [3.8, 4) is 11.5 Å². The molecule has 0 saturated heterocycles. The van der Waals surface area contributed by atoms with Crippen molar-refractivity contribution >= 4 is 23.4 Å². The molecule has 1 atom stereocenters. The number of amides is 1. The Morgan fingerprint density at radius 2 is 1.96 bits per heavy atom. The Balaban J connectivity index is 2.39. The molecule has 128 valence electrons. The molecule has 1 unspecified atom stereocenters. The maximum absolute atomic E-state index is 12.3. The normalized spacial score (nSPS) is 19.3. The van der Waals surface area contributed by atoms with E-state index in [-0.39, 0.29) is 22.6 Å². The highest BCUT2D eigenvalue weighted by Crippen LogP contribution is 2.38. The fourth-order valence-corrected chi connectivity index (χ4v) is 2.59. The van der Waals surface area contributed by atoms with Gasteiger partial charge < -0.3 is 25.8 Å². The summed E-state index contributed by atoms with van der Waals surface area (Å²) in [6.07, 6.45) is -2.31. The van der Waals surface area contributed by atoms with Crippen LogP contribution in [0.5, 0.6) is 11.5 Å². The molecule has 9 heteroatoms. The number of phenolic OH excluding ortho intramolecular Hbond substituents is 1. The zero-order valence-corrected chi connectivity index (χ0v) is 12.4. The van der Waals surface area contributed by atoms with Gasteiger partial charge in [0, 0.05) is 12.5 Å². The summed E-state index contributed by atoms with van der Waals surface area (Å²) in [5.74, 6) is -6.15. The predicted octanol–water partition coefficient (Wildman–Crippen LogP) is -0.492. The van der Waals surface area contributed by atoms with E-state index in [0.717, 1.165) is 12.1 Å². The molecule has 1 heterocycles. The first-order chi connectivity index (χ1) is 11.1. The van der Waals surface area contributed by atoms with Gasteiger partial charge in [-0.2, -0.15) is 0 Å². The second-order valence-corrected chi connectivity index (χ2v) is 5.56. The number of primary amides is 1. The first-order valence-electron chi connectivity index (χ1n) is 6.92. The van der Waals surface area contributed by atoms with Crippen LogP contribution in [0.1, 0.15) is 35.2 Å². The van der Waals surface area contributed by atoms with Crippen molar-refractivity contribution in [2.24, 2.45) is 5.73 Å². The largest absolute Gasteiger partial charge is 0.508 e. The Morgan fingerprint density at radius 1 is 1.29 bits per heavy atom. The van der Waals surface area contributed by atoms with E-state index in [0.29, 0.717) is 0 Å². The van der Waals surface area contributed by atoms with E-state index >= 15 is 0 Å². The van der Waals surface area contributed by atoms with Gasteiger partial charge in [-0.05, 0) is 11.6 Å². The molecule has 0 fully saturated rings. The third kappa shape index (κ3) is 3.87. The van der Waals surface area contributed by atoms with Gasteiger partial charge in [-0.25, -0.2) is 0 Å². The van der Waals surface area contributed by atoms with Crippen molar-refractivity contribution in [1.82, 2.24) is 0 Å². The molecule has 0 aromatic heterocycles. The number of hydrogen-bond donors (Lipinski definition) is 4. The predicted molar refractivity (Wildman–Crippen MR) is 77.4 cm³/mol. The van der Waals surface area contributed by atoms with Crippen molar-refractivity contribution in [1.29, 1.82) is 0 Å². The van der Waals surface area contributed by atoms with Crippen molar-refractivity contribution in [2.45, 2.75) is 31.5 Å². The summed E-state index contributed by atoms with van der Waals surface area (Å²) >= 11 is 0. The van der Waals surface area contributed by atoms with Crippen molar-refractivity contribution in [3.63, 3.8) is 0 Å². The van der Waals surface area contributed by atoms with Gasteiger partial charge in [0.05, 0.1) is 18.4 Å². The molecule has 5 N–H and O–H groups in total. The zero-order chi connectivity index (χ0) is 18.1. The summed E-state index contributed by atoms with van der Waals surface area (Å²) < 4.78 is 5.23. The minimum atomic E-state index is -2.13. The van der Waals surface area contributed by atoms with E-state index in [2.05, 4.69) is 0 Å². The number of benzene rings is 1. The summed E-state index contributed by atoms with van der Waals surface area (Å²) in [5.41, 5.74) is 5.05. The molecule has 1 aromatic rings. The third-order valence-corrected chi connectivity index (χ3v) is 3.37. The number of fused-ring (bicyclic) bond motifs is 1. The summed E-state index contributed by atoms with van der Waals surface area (Å²) in [5, 5.41) is 28.5. The lowest BCUT2D eigenvalue weighted by molar-refractivity contribution is -0.156. The van der Waals surface area contributed by atoms with E-state index in [4.69, 9.17) is 15.6 Å². The lowest BCUT2D eigenvalue weighted by Gasteiger charge is -2.33. The number of carboxylic acid groups (broad SMARTS) is 1. The zero-order valence-electron chi connectivity index (χ0n) is 12.4. The number of nitrogens with two attached hydrogens (primary N) is 1. The number of phenols is 1. The van der Waals surface area contributed by atoms with Crippen LogP contribution in [0.15, 0.2) is 12.1 Å². The number of ether oxygens (including phenoxy) is 1. The first-order valence-corrected chi connectivity index (χ1v) is 6.92. The smallest absolute Gasteiger partial charge is 0.310 e. The SMILES string of the molecule is NC(=O)CC1(O)CC(=O)c2c(CC(=O)CC(=O)O)cc(O)cc2O1. The molecule has 0 aliphatic carbocycles. The lowest BCUT2D eigenvalue weighted by atomic mass is 9.90. The molecule has 1 aliphatic heterocycles. The van der Waals surface area contributed by atoms with Gasteiger partial charge in [-0.1, -0.05) is 0 Å². The average Bonchev–Trinajstić information content (AvgIpc) is 2.33. The highest BCUT2D eigenvalue weighted by Gasteiger charge is 2.41. The highest BCUT2D eigenvalue weighted by molar-refractivity contribution is 6.04. The molecule has 1 amide bonds. The molecule has 0 saturated carbocycles. The van der Waals surface area contributed by atoms with Crippen LogP contribution in [-0.2, 0) is 20.8 Å². The van der Waals surface area contributed by atoms with Gasteiger partial charge in [0.2, 0.25) is 11.7 Å². The van der Waals surface area contributed by atoms with Crippen molar-refractivity contribution < 1.29 is 39.2 Å². The Bertz CT molecular complexity index is 741. The van der Waals surface area contributed by atoms with Gasteiger partial charge in [0.1, 0.15) is 23.7 Å². The molecule has 9 nitrogen and oxygen atoms in total. The number of rotatable bonds is 6. The molecule has 1 aromatic carbocycles. The van der Waals surface area contributed by atoms with E-state index in [1.165, 1.54) is 0 Å². The van der Waals surface area contributed by atoms with Crippen molar-refractivity contribution in [2.75, 3.05) is 0 Å². The van der Waals surface area contributed by atoms with Crippen molar-refractivity contribution in [3.05, 3.63) is 23.3 Å². The van der Waals surface area contributed by atoms with Crippen LogP contribution in [0, 0.1) is 0 Å². The quantitative estimate of drug-likeness (QED) is 0.505. The summed E-state index contributed by atoms with van der Waals surface area (Å²) in [6, 6.07) is 2.21. The molecule has 0 radical (unpaired) electrons. The summed E-state index contributed by atoms with van der Waals surface area (Å²) in [4.78, 5) is 45.6. The maximum atomic E-state index is 12.3. The van der Waals surface area contributed by atoms with Crippen LogP contribution >= 0.6 is 0 Å². The van der Waals surface area contributed by atoms with Gasteiger partial charge in [0.25, 0.3) is 0 Å². The molecular weight excluding hydrogens is 322 g/mol. The van der Waals surface area contributed by atoms with E-state index in [1.54, 1.807) is 0 Å². The van der Waals surface area contributed by atoms with Gasteiger partial charge in [0.15, 0.2) is 5.78 Å². The lowest BCUT2D eigenvalue weighted by Crippen LogP contribution is -2.45. The third-order valence-electron chi connectivity index (χ3n) is 3.37. The number of carboxylic acids is 1. The molecule has 0 spiro atoms. The minimum Gasteiger partial charge on any atom is -0.508 e. The summed E-state index contributed by atoms with van der Waals surface area (Å²) in [7, 11) is 0. The van der Waals surface area contributed by atoms with Gasteiger partial charge in [-0.3, -0.25) is 19.2 Å². The molecule has 0 bridgehead atoms. The Kier molecular flexibility index (Phi) is 4.56. The fraction of sp³-hybridized carbons (Fsp3) is 0.333. The highest BCUT2D eigenvalue weighted by atomic mass is 16.6. The fourth-order valence-electron chi connectivity index (χ4n) is 2.59. The Hall–Kier alpha value is -2.94. The number of Topliss-reactive ketones (excluding diaryl/α,β-unsaturated/α-hetero) is 2. The number of hydrogen-bond acceptors (Lipinski definition) is 7. The van der Waals surface area contributed by atoms with Crippen LogP contribution in [0.2, 0.25) is 0 Å². The van der Waals surface area contributed by atoms with Gasteiger partial charge >= 0.3 is 5.97 Å². The van der Waals surface area contributed by atoms with E-state index in [9.17, 15) is 29.4 Å². The van der Waals surface area contributed by atoms with Gasteiger partial charge in [-0.15, -0.1) is 0 Å². The molecule has 2 rings (SSSR count). The number of aromatic hydroxyl groups is 1. The minimum absolute atomic E-state index is 0.0410. The van der Waals surface area contributed by atoms with E-state index < -0.39 is 54.9 Å². The second-order valence-electron chi connectivity index (χ2n) is 5.56. The monoisotopic (exact) mass is 337 g/mol. The van der Waals surface area contributed by atoms with Crippen LogP contribution in [0.3, 0.4) is 0 Å². The second kappa shape index (κ2) is 6.28. The Morgan fingerprint density at radius 3 is 2.54 bits per heavy atom. The summed E-state index contributed by atoms with van der Waals surface area (Å²) in [6.45, 7) is 0. The number of carbonyl (C=O) groups is 4. The number of aliphatic hydroxyl groups is 1. The van der Waals surface area contributed by atoms with Crippen LogP contribution < -0.4 is 10.5 Å².